The van der Waals surface area contributed by atoms with E-state index in [2.05, 4.69) is 25.5 Å². The van der Waals surface area contributed by atoms with Crippen LogP contribution in [0.3, 0.4) is 0 Å². The summed E-state index contributed by atoms with van der Waals surface area (Å²) < 4.78 is 26.0. The third kappa shape index (κ3) is 3.97. The molecule has 1 aliphatic heterocycles. The largest absolute Gasteiger partial charge is 0.506 e. The number of halogens is 1. The Morgan fingerprint density at radius 2 is 2.00 bits per heavy atom. The first kappa shape index (κ1) is 20.2. The highest BCUT2D eigenvalue weighted by Gasteiger charge is 2.47. The van der Waals surface area contributed by atoms with Gasteiger partial charge in [-0.3, -0.25) is 0 Å². The first-order valence-corrected chi connectivity index (χ1v) is 9.68. The average molecular weight is 413 g/mol. The molecular weight excluding hydrogens is 389 g/mol. The number of ether oxygens (including phenoxy) is 1. The van der Waals surface area contributed by atoms with E-state index in [4.69, 9.17) is 9.15 Å². The van der Waals surface area contributed by atoms with E-state index in [0.29, 0.717) is 23.6 Å². The number of nitrogens with zero attached hydrogens (tertiary/aromatic N) is 4. The maximum Gasteiger partial charge on any atom is 0.233 e. The number of nitrogens with one attached hydrogen (secondary N) is 1. The highest BCUT2D eigenvalue weighted by Crippen LogP contribution is 2.34. The number of hydrogen-bond donors (Lipinski definition) is 2. The molecule has 0 bridgehead atoms. The van der Waals surface area contributed by atoms with Gasteiger partial charge in [0.15, 0.2) is 6.17 Å². The molecule has 30 heavy (non-hydrogen) atoms. The van der Waals surface area contributed by atoms with Crippen LogP contribution in [0.2, 0.25) is 0 Å². The van der Waals surface area contributed by atoms with Crippen molar-refractivity contribution < 1.29 is 18.7 Å². The van der Waals surface area contributed by atoms with Gasteiger partial charge >= 0.3 is 0 Å². The quantitative estimate of drug-likeness (QED) is 0.669. The SMILES string of the molecule is CC1(C)C[C@@H](Oc2ccc(-c3ncc(-c4ncco4)cc3O)nn2)[C@@H](F)C(C)(C)N1. The number of alkyl halides is 1. The molecule has 0 radical (unpaired) electrons. The summed E-state index contributed by atoms with van der Waals surface area (Å²) in [5.41, 5.74) is 0.169. The van der Waals surface area contributed by atoms with Gasteiger partial charge in [0.1, 0.15) is 29.5 Å². The number of piperidine rings is 1. The minimum absolute atomic E-state index is 0.0839. The normalized spacial score (nSPS) is 22.6. The third-order valence-electron chi connectivity index (χ3n) is 5.09. The van der Waals surface area contributed by atoms with Crippen molar-refractivity contribution in [2.75, 3.05) is 0 Å². The number of aromatic hydroxyl groups is 1. The molecule has 1 fully saturated rings. The van der Waals surface area contributed by atoms with E-state index in [9.17, 15) is 9.50 Å². The Labute approximate surface area is 173 Å². The molecule has 0 aromatic carbocycles. The lowest BCUT2D eigenvalue weighted by atomic mass is 9.79. The summed E-state index contributed by atoms with van der Waals surface area (Å²) in [5, 5.41) is 21.8. The van der Waals surface area contributed by atoms with Crippen LogP contribution in [0.1, 0.15) is 34.1 Å². The number of oxazole rings is 1. The smallest absolute Gasteiger partial charge is 0.233 e. The summed E-state index contributed by atoms with van der Waals surface area (Å²) in [7, 11) is 0. The summed E-state index contributed by atoms with van der Waals surface area (Å²) in [6.45, 7) is 7.67. The zero-order valence-electron chi connectivity index (χ0n) is 17.3. The van der Waals surface area contributed by atoms with Crippen LogP contribution in [-0.4, -0.2) is 48.6 Å². The van der Waals surface area contributed by atoms with Gasteiger partial charge in [-0.1, -0.05) is 0 Å². The van der Waals surface area contributed by atoms with Crippen LogP contribution in [0.4, 0.5) is 4.39 Å². The lowest BCUT2D eigenvalue weighted by Gasteiger charge is -2.48. The second-order valence-corrected chi connectivity index (χ2v) is 8.68. The third-order valence-corrected chi connectivity index (χ3v) is 5.09. The van der Waals surface area contributed by atoms with Gasteiger partial charge in [-0.2, -0.15) is 0 Å². The molecule has 2 atom stereocenters. The van der Waals surface area contributed by atoms with E-state index in [1.54, 1.807) is 12.1 Å². The lowest BCUT2D eigenvalue weighted by Crippen LogP contribution is -2.66. The van der Waals surface area contributed by atoms with Gasteiger partial charge in [-0.25, -0.2) is 14.4 Å². The highest BCUT2D eigenvalue weighted by atomic mass is 19.1. The average Bonchev–Trinajstić information content (AvgIpc) is 3.20. The molecule has 4 heterocycles. The summed E-state index contributed by atoms with van der Waals surface area (Å²) in [6, 6.07) is 4.72. The van der Waals surface area contributed by atoms with E-state index in [0.717, 1.165) is 0 Å². The van der Waals surface area contributed by atoms with Crippen molar-refractivity contribution in [2.45, 2.75) is 57.5 Å². The topological polar surface area (TPSA) is 106 Å². The molecule has 0 spiro atoms. The van der Waals surface area contributed by atoms with Crippen LogP contribution < -0.4 is 10.1 Å². The molecule has 0 aliphatic carbocycles. The van der Waals surface area contributed by atoms with Crippen LogP contribution in [0.25, 0.3) is 22.8 Å². The van der Waals surface area contributed by atoms with Crippen LogP contribution in [0.15, 0.2) is 41.3 Å². The molecule has 3 aromatic rings. The molecule has 4 rings (SSSR count). The molecule has 0 unspecified atom stereocenters. The number of hydrogen-bond acceptors (Lipinski definition) is 8. The maximum atomic E-state index is 14.9. The van der Waals surface area contributed by atoms with Gasteiger partial charge in [0.25, 0.3) is 0 Å². The van der Waals surface area contributed by atoms with E-state index >= 15 is 0 Å². The van der Waals surface area contributed by atoms with Crippen LogP contribution in [0, 0.1) is 0 Å². The minimum atomic E-state index is -1.21. The fraction of sp³-hybridized carbons (Fsp3) is 0.429. The molecule has 0 amide bonds. The van der Waals surface area contributed by atoms with Crippen LogP contribution in [0.5, 0.6) is 11.6 Å². The standard InChI is InChI=1S/C21H24FN5O3/c1-20(2)10-15(18(22)21(3,4)27-20)30-16-6-5-13(25-26-16)17-14(28)9-12(11-24-17)19-23-7-8-29-19/h5-9,11,15,18,27-28H,10H2,1-4H3/t15-,18-/m1/s1. The number of aromatic nitrogens is 4. The molecule has 1 saturated heterocycles. The van der Waals surface area contributed by atoms with Gasteiger partial charge in [-0.15, -0.1) is 10.2 Å². The minimum Gasteiger partial charge on any atom is -0.506 e. The molecule has 1 aliphatic rings. The zero-order valence-corrected chi connectivity index (χ0v) is 17.3. The molecule has 3 aromatic heterocycles. The fourth-order valence-electron chi connectivity index (χ4n) is 3.96. The lowest BCUT2D eigenvalue weighted by molar-refractivity contribution is -0.0281. The Kier molecular flexibility index (Phi) is 4.93. The van der Waals surface area contributed by atoms with E-state index < -0.39 is 17.8 Å². The molecule has 0 saturated carbocycles. The predicted octanol–water partition coefficient (Wildman–Crippen LogP) is 3.54. The Hall–Kier alpha value is -3.07. The number of rotatable bonds is 4. The molecule has 158 valence electrons. The predicted molar refractivity (Wildman–Crippen MR) is 108 cm³/mol. The van der Waals surface area contributed by atoms with Gasteiger partial charge in [0.05, 0.1) is 11.8 Å². The Morgan fingerprint density at radius 3 is 2.63 bits per heavy atom. The van der Waals surface area contributed by atoms with Crippen molar-refractivity contribution in [3.05, 3.63) is 36.9 Å². The van der Waals surface area contributed by atoms with Gasteiger partial charge in [-0.05, 0) is 39.8 Å². The summed E-state index contributed by atoms with van der Waals surface area (Å²) in [4.78, 5) is 8.26. The Balaban J connectivity index is 1.52. The Bertz CT molecular complexity index is 1020. The number of pyridine rings is 1. The van der Waals surface area contributed by atoms with Crippen molar-refractivity contribution in [2.24, 2.45) is 0 Å². The summed E-state index contributed by atoms with van der Waals surface area (Å²) >= 11 is 0. The van der Waals surface area contributed by atoms with E-state index in [1.807, 2.05) is 27.7 Å². The molecular formula is C21H24FN5O3. The second kappa shape index (κ2) is 7.32. The highest BCUT2D eigenvalue weighted by molar-refractivity contribution is 5.66. The van der Waals surface area contributed by atoms with Gasteiger partial charge in [0.2, 0.25) is 11.8 Å². The summed E-state index contributed by atoms with van der Waals surface area (Å²) in [5.74, 6) is 0.489. The van der Waals surface area contributed by atoms with E-state index in [1.165, 1.54) is 24.7 Å². The van der Waals surface area contributed by atoms with Crippen molar-refractivity contribution in [3.63, 3.8) is 0 Å². The summed E-state index contributed by atoms with van der Waals surface area (Å²) in [6.07, 6.45) is 3.11. The molecule has 9 heteroatoms. The first-order chi connectivity index (χ1) is 14.1. The van der Waals surface area contributed by atoms with Crippen LogP contribution in [-0.2, 0) is 0 Å². The Morgan fingerprint density at radius 1 is 1.20 bits per heavy atom. The first-order valence-electron chi connectivity index (χ1n) is 9.68. The van der Waals surface area contributed by atoms with Crippen molar-refractivity contribution in [3.8, 4) is 34.5 Å². The van der Waals surface area contributed by atoms with Gasteiger partial charge < -0.3 is 19.6 Å². The zero-order chi connectivity index (χ0) is 21.5. The molecule has 8 nitrogen and oxygen atoms in total. The van der Waals surface area contributed by atoms with Gasteiger partial charge in [0, 0.05) is 29.8 Å². The van der Waals surface area contributed by atoms with E-state index in [-0.39, 0.29) is 22.9 Å². The monoisotopic (exact) mass is 413 g/mol. The van der Waals surface area contributed by atoms with Crippen molar-refractivity contribution in [1.29, 1.82) is 0 Å². The van der Waals surface area contributed by atoms with Crippen molar-refractivity contribution >= 4 is 0 Å². The molecule has 2 N–H and O–H groups in total. The maximum absolute atomic E-state index is 14.9. The second-order valence-electron chi connectivity index (χ2n) is 8.68. The van der Waals surface area contributed by atoms with Crippen LogP contribution >= 0.6 is 0 Å². The van der Waals surface area contributed by atoms with Crippen molar-refractivity contribution in [1.82, 2.24) is 25.5 Å². The fourth-order valence-corrected chi connectivity index (χ4v) is 3.96.